The Hall–Kier alpha value is -1.83. The van der Waals surface area contributed by atoms with Gasteiger partial charge in [0.25, 0.3) is 0 Å². The van der Waals surface area contributed by atoms with Gasteiger partial charge in [-0.05, 0) is 55.0 Å². The molecular formula is C22H30N2O3S2. The predicted molar refractivity (Wildman–Crippen MR) is 120 cm³/mol. The number of carbonyl (C=O) groups excluding carboxylic acids is 1. The van der Waals surface area contributed by atoms with Crippen LogP contribution in [0.1, 0.15) is 44.4 Å². The maximum absolute atomic E-state index is 12.5. The predicted octanol–water partition coefficient (Wildman–Crippen LogP) is 4.25. The van der Waals surface area contributed by atoms with Crippen molar-refractivity contribution in [3.05, 3.63) is 59.7 Å². The monoisotopic (exact) mass is 434 g/mol. The van der Waals surface area contributed by atoms with Crippen LogP contribution in [0.15, 0.2) is 58.3 Å². The third-order valence-electron chi connectivity index (χ3n) is 4.90. The third-order valence-corrected chi connectivity index (χ3v) is 7.71. The number of hydrogen-bond donors (Lipinski definition) is 1. The molecule has 0 aliphatic rings. The lowest BCUT2D eigenvalue weighted by molar-refractivity contribution is -0.121. The van der Waals surface area contributed by atoms with Crippen molar-refractivity contribution in [3.8, 4) is 0 Å². The molecule has 1 amide bonds. The van der Waals surface area contributed by atoms with Crippen molar-refractivity contribution in [2.75, 3.05) is 19.3 Å². The number of amides is 1. The van der Waals surface area contributed by atoms with Crippen LogP contribution in [0.5, 0.6) is 0 Å². The van der Waals surface area contributed by atoms with Crippen LogP contribution in [-0.4, -0.2) is 38.0 Å². The molecule has 2 aromatic rings. The van der Waals surface area contributed by atoms with E-state index in [1.54, 1.807) is 36.0 Å². The number of nitrogens with one attached hydrogen (secondary N) is 1. The summed E-state index contributed by atoms with van der Waals surface area (Å²) in [5, 5.41) is 3.02. The number of benzene rings is 2. The average molecular weight is 435 g/mol. The van der Waals surface area contributed by atoms with Gasteiger partial charge in [-0.3, -0.25) is 4.79 Å². The zero-order chi connectivity index (χ0) is 21.4. The largest absolute Gasteiger partial charge is 0.350 e. The minimum atomic E-state index is -3.45. The van der Waals surface area contributed by atoms with Crippen LogP contribution in [0.3, 0.4) is 0 Å². The van der Waals surface area contributed by atoms with E-state index in [-0.39, 0.29) is 16.8 Å². The molecule has 1 unspecified atom stereocenters. The Morgan fingerprint density at radius 3 is 2.14 bits per heavy atom. The molecule has 0 heterocycles. The van der Waals surface area contributed by atoms with Crippen LogP contribution in [0, 0.1) is 0 Å². The fourth-order valence-corrected chi connectivity index (χ4v) is 4.95. The van der Waals surface area contributed by atoms with E-state index in [1.165, 1.54) is 9.20 Å². The molecule has 1 N–H and O–H groups in total. The SMILES string of the molecule is CCN(CC)S(=O)(=O)c1ccc(CCC(=O)NC(C)c2ccc(SC)cc2)cc1. The minimum Gasteiger partial charge on any atom is -0.350 e. The fraction of sp³-hybridized carbons (Fsp3) is 0.409. The number of hydrogen-bond acceptors (Lipinski definition) is 4. The molecule has 0 bridgehead atoms. The van der Waals surface area contributed by atoms with Crippen LogP contribution in [0.25, 0.3) is 0 Å². The van der Waals surface area contributed by atoms with E-state index in [9.17, 15) is 13.2 Å². The van der Waals surface area contributed by atoms with Crippen molar-refractivity contribution >= 4 is 27.7 Å². The molecule has 0 aromatic heterocycles. The van der Waals surface area contributed by atoms with E-state index in [0.717, 1.165) is 11.1 Å². The van der Waals surface area contributed by atoms with E-state index < -0.39 is 10.0 Å². The van der Waals surface area contributed by atoms with Crippen molar-refractivity contribution in [1.29, 1.82) is 0 Å². The number of nitrogens with zero attached hydrogens (tertiary/aromatic N) is 1. The first kappa shape index (κ1) is 23.4. The molecule has 7 heteroatoms. The summed E-state index contributed by atoms with van der Waals surface area (Å²) in [7, 11) is -3.45. The second kappa shape index (κ2) is 10.8. The molecule has 0 saturated carbocycles. The number of rotatable bonds is 10. The average Bonchev–Trinajstić information content (AvgIpc) is 2.73. The van der Waals surface area contributed by atoms with Crippen LogP contribution in [0.4, 0.5) is 0 Å². The summed E-state index contributed by atoms with van der Waals surface area (Å²) < 4.78 is 26.5. The number of aryl methyl sites for hydroxylation is 1. The number of sulfonamides is 1. The lowest BCUT2D eigenvalue weighted by atomic mass is 10.1. The van der Waals surface area contributed by atoms with Crippen LogP contribution < -0.4 is 5.32 Å². The van der Waals surface area contributed by atoms with E-state index in [4.69, 9.17) is 0 Å². The molecule has 0 fully saturated rings. The minimum absolute atomic E-state index is 0.0220. The summed E-state index contributed by atoms with van der Waals surface area (Å²) in [4.78, 5) is 13.8. The molecule has 0 aliphatic heterocycles. The van der Waals surface area contributed by atoms with Gasteiger partial charge in [-0.15, -0.1) is 11.8 Å². The lowest BCUT2D eigenvalue weighted by Gasteiger charge is -2.18. The summed E-state index contributed by atoms with van der Waals surface area (Å²) in [5.74, 6) is -0.0220. The molecule has 0 aliphatic carbocycles. The lowest BCUT2D eigenvalue weighted by Crippen LogP contribution is -2.30. The van der Waals surface area contributed by atoms with E-state index in [1.807, 2.05) is 39.2 Å². The topological polar surface area (TPSA) is 66.5 Å². The first-order valence-corrected chi connectivity index (χ1v) is 12.5. The summed E-state index contributed by atoms with van der Waals surface area (Å²) in [6.45, 7) is 6.51. The highest BCUT2D eigenvalue weighted by molar-refractivity contribution is 7.98. The van der Waals surface area contributed by atoms with Gasteiger partial charge < -0.3 is 5.32 Å². The molecule has 5 nitrogen and oxygen atoms in total. The maximum Gasteiger partial charge on any atom is 0.243 e. The Bertz CT molecular complexity index is 891. The van der Waals surface area contributed by atoms with Crippen LogP contribution in [-0.2, 0) is 21.2 Å². The molecule has 158 valence electrons. The third kappa shape index (κ3) is 6.32. The summed E-state index contributed by atoms with van der Waals surface area (Å²) in [6.07, 6.45) is 2.96. The molecule has 29 heavy (non-hydrogen) atoms. The van der Waals surface area contributed by atoms with Gasteiger partial charge in [0.05, 0.1) is 10.9 Å². The molecule has 0 radical (unpaired) electrons. The van der Waals surface area contributed by atoms with Gasteiger partial charge in [0.1, 0.15) is 0 Å². The van der Waals surface area contributed by atoms with Gasteiger partial charge in [-0.1, -0.05) is 38.1 Å². The van der Waals surface area contributed by atoms with Gasteiger partial charge in [-0.2, -0.15) is 4.31 Å². The molecule has 0 saturated heterocycles. The summed E-state index contributed by atoms with van der Waals surface area (Å²) in [5.41, 5.74) is 2.01. The van der Waals surface area contributed by atoms with Crippen molar-refractivity contribution in [1.82, 2.24) is 9.62 Å². The number of thioether (sulfide) groups is 1. The fourth-order valence-electron chi connectivity index (χ4n) is 3.09. The normalized spacial score (nSPS) is 12.7. The summed E-state index contributed by atoms with van der Waals surface area (Å²) in [6, 6.07) is 14.9. The summed E-state index contributed by atoms with van der Waals surface area (Å²) >= 11 is 1.69. The second-order valence-electron chi connectivity index (χ2n) is 6.80. The zero-order valence-corrected chi connectivity index (χ0v) is 19.1. The van der Waals surface area contributed by atoms with Crippen LogP contribution in [0.2, 0.25) is 0 Å². The van der Waals surface area contributed by atoms with Gasteiger partial charge in [0.15, 0.2) is 0 Å². The molecule has 1 atom stereocenters. The van der Waals surface area contributed by atoms with Crippen molar-refractivity contribution in [2.45, 2.75) is 49.4 Å². The second-order valence-corrected chi connectivity index (χ2v) is 9.61. The Kier molecular flexibility index (Phi) is 8.74. The van der Waals surface area contributed by atoms with Gasteiger partial charge in [0, 0.05) is 24.4 Å². The quantitative estimate of drug-likeness (QED) is 0.568. The highest BCUT2D eigenvalue weighted by atomic mass is 32.2. The van der Waals surface area contributed by atoms with Gasteiger partial charge in [-0.25, -0.2) is 8.42 Å². The highest BCUT2D eigenvalue weighted by Crippen LogP contribution is 2.20. The number of carbonyl (C=O) groups is 1. The van der Waals surface area contributed by atoms with E-state index in [2.05, 4.69) is 17.4 Å². The Morgan fingerprint density at radius 1 is 1.03 bits per heavy atom. The standard InChI is InChI=1S/C22H30N2O3S2/c1-5-24(6-2)29(26,27)21-14-7-18(8-15-21)9-16-22(25)23-17(3)19-10-12-20(28-4)13-11-19/h7-8,10-15,17H,5-6,9,16H2,1-4H3,(H,23,25). The smallest absolute Gasteiger partial charge is 0.243 e. The zero-order valence-electron chi connectivity index (χ0n) is 17.5. The van der Waals surface area contributed by atoms with Crippen molar-refractivity contribution in [2.24, 2.45) is 0 Å². The van der Waals surface area contributed by atoms with Crippen LogP contribution >= 0.6 is 11.8 Å². The van der Waals surface area contributed by atoms with Gasteiger partial charge >= 0.3 is 0 Å². The first-order valence-electron chi connectivity index (χ1n) is 9.84. The van der Waals surface area contributed by atoms with Gasteiger partial charge in [0.2, 0.25) is 15.9 Å². The Morgan fingerprint density at radius 2 is 1.62 bits per heavy atom. The molecule has 0 spiro atoms. The van der Waals surface area contributed by atoms with E-state index >= 15 is 0 Å². The molecule has 2 aromatic carbocycles. The first-order chi connectivity index (χ1) is 13.8. The Balaban J connectivity index is 1.91. The van der Waals surface area contributed by atoms with E-state index in [0.29, 0.717) is 25.9 Å². The highest BCUT2D eigenvalue weighted by Gasteiger charge is 2.21. The molecular weight excluding hydrogens is 404 g/mol. The van der Waals surface area contributed by atoms with Crippen molar-refractivity contribution in [3.63, 3.8) is 0 Å². The maximum atomic E-state index is 12.5. The van der Waals surface area contributed by atoms with Crippen molar-refractivity contribution < 1.29 is 13.2 Å². The molecule has 2 rings (SSSR count). The Labute approximate surface area is 178 Å².